The molecule has 5 rings (SSSR count). The maximum Gasteiger partial charge on any atom is 0.235 e. The van der Waals surface area contributed by atoms with Gasteiger partial charge >= 0.3 is 0 Å². The normalized spacial score (nSPS) is 29.2. The van der Waals surface area contributed by atoms with Crippen molar-refractivity contribution in [3.63, 3.8) is 0 Å². The summed E-state index contributed by atoms with van der Waals surface area (Å²) in [7, 11) is 6.77. The van der Waals surface area contributed by atoms with Crippen LogP contribution in [0.4, 0.5) is 5.69 Å². The van der Waals surface area contributed by atoms with Crippen LogP contribution in [0.3, 0.4) is 0 Å². The number of anilines is 1. The molecule has 0 bridgehead atoms. The molecule has 10 heteroatoms. The number of aryl methyl sites for hydroxylation is 1. The van der Waals surface area contributed by atoms with Gasteiger partial charge < -0.3 is 20.8 Å². The zero-order valence-electron chi connectivity index (χ0n) is 23.8. The van der Waals surface area contributed by atoms with Gasteiger partial charge in [-0.1, -0.05) is 31.2 Å². The van der Waals surface area contributed by atoms with Gasteiger partial charge in [0.15, 0.2) is 34.7 Å². The number of phenolic OH excluding ortho intramolecular Hbond substituents is 1. The number of hydrogen-bond acceptors (Lipinski definition) is 9. The molecule has 3 aliphatic carbocycles. The number of nitrogens with two attached hydrogens (primary N) is 1. The number of primary amides is 1. The van der Waals surface area contributed by atoms with Gasteiger partial charge in [0.1, 0.15) is 5.75 Å². The van der Waals surface area contributed by atoms with E-state index in [-0.39, 0.29) is 24.2 Å². The summed E-state index contributed by atoms with van der Waals surface area (Å²) in [4.78, 5) is 70.4. The maximum atomic E-state index is 14.2. The van der Waals surface area contributed by atoms with E-state index in [2.05, 4.69) is 0 Å². The van der Waals surface area contributed by atoms with Crippen LogP contribution in [-0.4, -0.2) is 84.0 Å². The van der Waals surface area contributed by atoms with Gasteiger partial charge in [0.05, 0.1) is 17.5 Å². The number of fused-ring (bicyclic) bond motifs is 3. The van der Waals surface area contributed by atoms with E-state index in [9.17, 15) is 34.2 Å². The van der Waals surface area contributed by atoms with Gasteiger partial charge in [0.2, 0.25) is 5.91 Å². The minimum absolute atomic E-state index is 0.0117. The molecule has 0 radical (unpaired) electrons. The van der Waals surface area contributed by atoms with Gasteiger partial charge in [-0.25, -0.2) is 0 Å². The number of likely N-dealkylation sites (N-methyl/N-ethyl adjacent to an activating group) is 1. The highest BCUT2D eigenvalue weighted by molar-refractivity contribution is 6.32. The lowest BCUT2D eigenvalue weighted by molar-refractivity contribution is -0.181. The Balaban J connectivity index is 1.67. The summed E-state index contributed by atoms with van der Waals surface area (Å²) >= 11 is 0. The molecule has 3 unspecified atom stereocenters. The molecule has 0 aliphatic heterocycles. The summed E-state index contributed by atoms with van der Waals surface area (Å²) in [5.74, 6) is -10.5. The Morgan fingerprint density at radius 3 is 2.22 bits per heavy atom. The molecule has 0 aromatic heterocycles. The topological polar surface area (TPSA) is 158 Å². The second-order valence-electron chi connectivity index (χ2n) is 11.9. The molecule has 0 heterocycles. The number of hydrogen-bond donors (Lipinski definition) is 3. The van der Waals surface area contributed by atoms with E-state index in [0.717, 1.165) is 12.0 Å². The Hall–Kier alpha value is -3.89. The lowest BCUT2D eigenvalue weighted by Gasteiger charge is -2.52. The average Bonchev–Trinajstić information content (AvgIpc) is 2.90. The number of ketones is 4. The minimum atomic E-state index is -2.75. The van der Waals surface area contributed by atoms with Crippen LogP contribution in [-0.2, 0) is 32.0 Å². The van der Waals surface area contributed by atoms with E-state index < -0.39 is 64.4 Å². The van der Waals surface area contributed by atoms with Crippen LogP contribution in [0.1, 0.15) is 34.8 Å². The summed E-state index contributed by atoms with van der Waals surface area (Å²) in [6.07, 6.45) is 1.06. The SMILES string of the molecule is CCc1ccc(-c2cc(N(C)C)c3c(c2O)C(=O)C2C(=O)[C@]4(O)C(=O)C(C(N)=O)C(=O)C(N(C)C)[C@H]4C[C@H]2C3)cc1. The van der Waals surface area contributed by atoms with E-state index in [1.165, 1.54) is 4.90 Å². The zero-order valence-corrected chi connectivity index (χ0v) is 23.8. The van der Waals surface area contributed by atoms with Crippen molar-refractivity contribution in [2.75, 3.05) is 33.1 Å². The van der Waals surface area contributed by atoms with Crippen LogP contribution >= 0.6 is 0 Å². The Labute approximate surface area is 238 Å². The lowest BCUT2D eigenvalue weighted by Crippen LogP contribution is -2.74. The molecule has 41 heavy (non-hydrogen) atoms. The first-order valence-corrected chi connectivity index (χ1v) is 13.8. The number of aromatic hydroxyl groups is 1. The molecule has 2 fully saturated rings. The number of Topliss-reactive ketones (excluding diaryl/α,β-unsaturated/α-hetero) is 4. The zero-order chi connectivity index (χ0) is 30.1. The second kappa shape index (κ2) is 9.88. The van der Waals surface area contributed by atoms with Crippen molar-refractivity contribution in [1.29, 1.82) is 0 Å². The molecule has 1 amide bonds. The van der Waals surface area contributed by atoms with E-state index in [0.29, 0.717) is 22.4 Å². The number of carbonyl (C=O) groups excluding carboxylic acids is 5. The van der Waals surface area contributed by atoms with Crippen LogP contribution in [0.2, 0.25) is 0 Å². The summed E-state index contributed by atoms with van der Waals surface area (Å²) in [6, 6.07) is 8.28. The fourth-order valence-corrected chi connectivity index (χ4v) is 7.19. The molecule has 10 nitrogen and oxygen atoms in total. The molecule has 0 spiro atoms. The molecular formula is C31H35N3O7. The summed E-state index contributed by atoms with van der Waals surface area (Å²) in [6.45, 7) is 2.03. The summed E-state index contributed by atoms with van der Waals surface area (Å²) < 4.78 is 0. The molecular weight excluding hydrogens is 526 g/mol. The van der Waals surface area contributed by atoms with Gasteiger partial charge in [0.25, 0.3) is 0 Å². The number of benzene rings is 2. The highest BCUT2D eigenvalue weighted by Crippen LogP contribution is 2.53. The van der Waals surface area contributed by atoms with Crippen molar-refractivity contribution in [1.82, 2.24) is 4.90 Å². The third-order valence-electron chi connectivity index (χ3n) is 9.19. The standard InChI is InChI=1S/C31H35N3O7/c1-6-14-7-9-15(10-8-14)17-13-20(33(2)3)18-11-16-12-19-24(34(4)5)27(37)23(30(32)40)29(39)31(19,41)28(38)21(16)26(36)22(18)25(17)35/h7-10,13,16,19,21,23-24,35,41H,6,11-12H2,1-5H3,(H2,32,40)/t16-,19-,21?,23?,24?,31+/m1/s1. The fourth-order valence-electron chi connectivity index (χ4n) is 7.19. The van der Waals surface area contributed by atoms with Gasteiger partial charge in [-0.05, 0) is 62.0 Å². The minimum Gasteiger partial charge on any atom is -0.507 e. The van der Waals surface area contributed by atoms with Crippen molar-refractivity contribution in [3.05, 3.63) is 47.0 Å². The van der Waals surface area contributed by atoms with Crippen LogP contribution in [0.25, 0.3) is 11.1 Å². The highest BCUT2D eigenvalue weighted by Gasteiger charge is 2.69. The molecule has 0 saturated heterocycles. The van der Waals surface area contributed by atoms with Crippen molar-refractivity contribution >= 4 is 34.7 Å². The Morgan fingerprint density at radius 2 is 1.68 bits per heavy atom. The number of nitrogens with zero attached hydrogens (tertiary/aromatic N) is 2. The third-order valence-corrected chi connectivity index (χ3v) is 9.19. The molecule has 2 aromatic carbocycles. The molecule has 2 aromatic rings. The van der Waals surface area contributed by atoms with E-state index in [4.69, 9.17) is 5.73 Å². The van der Waals surface area contributed by atoms with Gasteiger partial charge in [-0.3, -0.25) is 28.9 Å². The second-order valence-corrected chi connectivity index (χ2v) is 11.9. The number of carbonyl (C=O) groups is 5. The molecule has 4 N–H and O–H groups in total. The van der Waals surface area contributed by atoms with Gasteiger partial charge in [-0.2, -0.15) is 0 Å². The third kappa shape index (κ3) is 4.03. The Bertz CT molecular complexity index is 1500. The summed E-state index contributed by atoms with van der Waals surface area (Å²) in [5.41, 5.74) is 6.10. The Kier molecular flexibility index (Phi) is 6.90. The van der Waals surface area contributed by atoms with Gasteiger partial charge in [0, 0.05) is 31.3 Å². The van der Waals surface area contributed by atoms with Crippen molar-refractivity contribution in [2.45, 2.75) is 37.8 Å². The van der Waals surface area contributed by atoms with E-state index in [1.807, 2.05) is 56.3 Å². The fraction of sp³-hybridized carbons (Fsp3) is 0.452. The number of aliphatic hydroxyl groups is 1. The predicted molar refractivity (Wildman–Crippen MR) is 150 cm³/mol. The van der Waals surface area contributed by atoms with Crippen molar-refractivity contribution in [2.24, 2.45) is 29.4 Å². The molecule has 2 saturated carbocycles. The van der Waals surface area contributed by atoms with E-state index >= 15 is 0 Å². The number of amides is 1. The van der Waals surface area contributed by atoms with Gasteiger partial charge in [-0.15, -0.1) is 0 Å². The molecule has 3 aliphatic rings. The van der Waals surface area contributed by atoms with Crippen molar-refractivity contribution in [3.8, 4) is 16.9 Å². The number of phenols is 1. The van der Waals surface area contributed by atoms with E-state index in [1.54, 1.807) is 14.1 Å². The first-order chi connectivity index (χ1) is 19.2. The van der Waals surface area contributed by atoms with Crippen LogP contribution in [0.5, 0.6) is 5.75 Å². The first-order valence-electron chi connectivity index (χ1n) is 13.8. The first kappa shape index (κ1) is 28.6. The lowest BCUT2D eigenvalue weighted by atomic mass is 9.52. The Morgan fingerprint density at radius 1 is 1.05 bits per heavy atom. The van der Waals surface area contributed by atoms with Crippen molar-refractivity contribution < 1.29 is 34.2 Å². The maximum absolute atomic E-state index is 14.2. The predicted octanol–water partition coefficient (Wildman–Crippen LogP) is 1.16. The largest absolute Gasteiger partial charge is 0.507 e. The number of rotatable bonds is 5. The molecule has 6 atom stereocenters. The summed E-state index contributed by atoms with van der Waals surface area (Å²) in [5, 5.41) is 23.3. The monoisotopic (exact) mass is 561 g/mol. The quantitative estimate of drug-likeness (QED) is 0.456. The van der Waals surface area contributed by atoms with Crippen LogP contribution in [0, 0.1) is 23.7 Å². The smallest absolute Gasteiger partial charge is 0.235 e. The van der Waals surface area contributed by atoms with Crippen LogP contribution in [0.15, 0.2) is 30.3 Å². The molecule has 216 valence electrons. The highest BCUT2D eigenvalue weighted by atomic mass is 16.3. The van der Waals surface area contributed by atoms with Crippen LogP contribution < -0.4 is 10.6 Å². The average molecular weight is 562 g/mol.